The predicted molar refractivity (Wildman–Crippen MR) is 75.8 cm³/mol. The normalized spacial score (nSPS) is 30.4. The number of carbonyl (C=O) groups excluding carboxylic acids is 1. The maximum Gasteiger partial charge on any atom is 0.223 e. The van der Waals surface area contributed by atoms with Crippen molar-refractivity contribution in [3.63, 3.8) is 0 Å². The lowest BCUT2D eigenvalue weighted by atomic mass is 9.51. The van der Waals surface area contributed by atoms with Crippen LogP contribution in [0.5, 0.6) is 0 Å². The molecule has 18 heavy (non-hydrogen) atoms. The van der Waals surface area contributed by atoms with E-state index in [9.17, 15) is 4.79 Å². The molecule has 2 aliphatic carbocycles. The quantitative estimate of drug-likeness (QED) is 0.806. The first-order chi connectivity index (χ1) is 8.64. The third kappa shape index (κ3) is 2.42. The molecule has 2 aliphatic rings. The summed E-state index contributed by atoms with van der Waals surface area (Å²) < 4.78 is 5.80. The van der Waals surface area contributed by atoms with Crippen molar-refractivity contribution < 1.29 is 9.53 Å². The molecule has 0 radical (unpaired) electrons. The fourth-order valence-electron chi connectivity index (χ4n) is 3.28. The number of ether oxygens (including phenoxy) is 1. The molecule has 0 bridgehead atoms. The minimum Gasteiger partial charge on any atom is -0.378 e. The maximum absolute atomic E-state index is 12.1. The molecular weight excluding hydrogens is 246 g/mol. The second-order valence-electron chi connectivity index (χ2n) is 5.68. The van der Waals surface area contributed by atoms with Crippen LogP contribution >= 0.6 is 11.8 Å². The molecule has 1 amide bonds. The second kappa shape index (κ2) is 5.83. The Labute approximate surface area is 114 Å². The van der Waals surface area contributed by atoms with E-state index in [0.717, 1.165) is 18.8 Å². The molecule has 104 valence electrons. The van der Waals surface area contributed by atoms with Crippen LogP contribution in [0, 0.1) is 11.3 Å². The summed E-state index contributed by atoms with van der Waals surface area (Å²) in [5.74, 6) is 1.24. The van der Waals surface area contributed by atoms with E-state index < -0.39 is 0 Å². The van der Waals surface area contributed by atoms with Gasteiger partial charge in [-0.05, 0) is 32.4 Å². The Morgan fingerprint density at radius 3 is 2.78 bits per heavy atom. The summed E-state index contributed by atoms with van der Waals surface area (Å²) in [6, 6.07) is 0.361. The second-order valence-corrected chi connectivity index (χ2v) is 6.59. The van der Waals surface area contributed by atoms with Crippen molar-refractivity contribution >= 4 is 17.7 Å². The highest BCUT2D eigenvalue weighted by Crippen LogP contribution is 2.57. The van der Waals surface area contributed by atoms with Crippen molar-refractivity contribution in [3.05, 3.63) is 0 Å². The van der Waals surface area contributed by atoms with Gasteiger partial charge in [-0.15, -0.1) is 0 Å². The number of rotatable bonds is 6. The fourth-order valence-corrected chi connectivity index (χ4v) is 3.93. The summed E-state index contributed by atoms with van der Waals surface area (Å²) in [5, 5.41) is 3.25. The van der Waals surface area contributed by atoms with Crippen LogP contribution in [0.15, 0.2) is 0 Å². The minimum absolute atomic E-state index is 0.114. The van der Waals surface area contributed by atoms with Gasteiger partial charge in [0.1, 0.15) is 0 Å². The van der Waals surface area contributed by atoms with E-state index in [1.807, 2.05) is 13.2 Å². The largest absolute Gasteiger partial charge is 0.378 e. The monoisotopic (exact) mass is 271 g/mol. The standard InChI is InChI=1S/C14H25NO2S/c1-4-17-12-8-11(14(12)6-5-7-14)15-13(16)10(2)9-18-3/h10-12H,4-9H2,1-3H3,(H,15,16)/t10-,11-,12-/m1/s1. The Kier molecular flexibility index (Phi) is 4.59. The Bertz CT molecular complexity index is 304. The molecule has 0 saturated heterocycles. The Hall–Kier alpha value is -0.220. The molecule has 4 heteroatoms. The first-order valence-electron chi connectivity index (χ1n) is 7.05. The predicted octanol–water partition coefficient (Wildman–Crippen LogP) is 2.45. The van der Waals surface area contributed by atoms with Gasteiger partial charge < -0.3 is 10.1 Å². The third-order valence-electron chi connectivity index (χ3n) is 4.62. The van der Waals surface area contributed by atoms with E-state index >= 15 is 0 Å². The maximum atomic E-state index is 12.1. The summed E-state index contributed by atoms with van der Waals surface area (Å²) in [6.45, 7) is 4.85. The number of hydrogen-bond donors (Lipinski definition) is 1. The van der Waals surface area contributed by atoms with E-state index in [2.05, 4.69) is 12.2 Å². The van der Waals surface area contributed by atoms with Gasteiger partial charge in [-0.1, -0.05) is 13.3 Å². The van der Waals surface area contributed by atoms with Crippen LogP contribution in [0.1, 0.15) is 39.5 Å². The Balaban J connectivity index is 1.86. The highest BCUT2D eigenvalue weighted by Gasteiger charge is 2.59. The summed E-state index contributed by atoms with van der Waals surface area (Å²) in [7, 11) is 0. The van der Waals surface area contributed by atoms with Crippen LogP contribution in [-0.4, -0.2) is 36.7 Å². The first-order valence-corrected chi connectivity index (χ1v) is 8.44. The molecular formula is C14H25NO2S. The SMILES string of the molecule is CCO[C@@H]1C[C@@H](NC(=O)[C@H](C)CSC)C12CCC2. The molecule has 0 aliphatic heterocycles. The molecule has 3 nitrogen and oxygen atoms in total. The molecule has 2 rings (SSSR count). The van der Waals surface area contributed by atoms with Crippen molar-refractivity contribution in [2.24, 2.45) is 11.3 Å². The number of hydrogen-bond acceptors (Lipinski definition) is 3. The first kappa shape index (κ1) is 14.2. The van der Waals surface area contributed by atoms with E-state index in [1.54, 1.807) is 11.8 Å². The average Bonchev–Trinajstić information content (AvgIpc) is 2.25. The number of carbonyl (C=O) groups is 1. The van der Waals surface area contributed by atoms with Crippen molar-refractivity contribution in [3.8, 4) is 0 Å². The highest BCUT2D eigenvalue weighted by atomic mass is 32.2. The van der Waals surface area contributed by atoms with Crippen LogP contribution in [0.2, 0.25) is 0 Å². The molecule has 0 heterocycles. The summed E-state index contributed by atoms with van der Waals surface area (Å²) in [4.78, 5) is 12.1. The zero-order valence-corrected chi connectivity index (χ0v) is 12.5. The van der Waals surface area contributed by atoms with Crippen molar-refractivity contribution in [2.75, 3.05) is 18.6 Å². The average molecular weight is 271 g/mol. The van der Waals surface area contributed by atoms with Gasteiger partial charge in [-0.2, -0.15) is 11.8 Å². The van der Waals surface area contributed by atoms with Crippen molar-refractivity contribution in [1.82, 2.24) is 5.32 Å². The molecule has 0 aromatic carbocycles. The molecule has 0 aromatic rings. The lowest BCUT2D eigenvalue weighted by Gasteiger charge is -2.61. The number of nitrogens with one attached hydrogen (secondary N) is 1. The third-order valence-corrected chi connectivity index (χ3v) is 5.45. The summed E-state index contributed by atoms with van der Waals surface area (Å²) in [6.07, 6.45) is 7.17. The highest BCUT2D eigenvalue weighted by molar-refractivity contribution is 7.98. The van der Waals surface area contributed by atoms with Gasteiger partial charge in [-0.3, -0.25) is 4.79 Å². The van der Waals surface area contributed by atoms with Gasteiger partial charge in [0.25, 0.3) is 0 Å². The lowest BCUT2D eigenvalue weighted by Crippen LogP contribution is -2.68. The Morgan fingerprint density at radius 1 is 1.56 bits per heavy atom. The molecule has 2 fully saturated rings. The molecule has 0 aromatic heterocycles. The van der Waals surface area contributed by atoms with Crippen LogP contribution in [0.3, 0.4) is 0 Å². The molecule has 0 unspecified atom stereocenters. The van der Waals surface area contributed by atoms with Gasteiger partial charge in [0.2, 0.25) is 5.91 Å². The summed E-state index contributed by atoms with van der Waals surface area (Å²) >= 11 is 1.73. The van der Waals surface area contributed by atoms with Gasteiger partial charge >= 0.3 is 0 Å². The van der Waals surface area contributed by atoms with Crippen molar-refractivity contribution in [2.45, 2.75) is 51.7 Å². The molecule has 2 saturated carbocycles. The summed E-state index contributed by atoms with van der Waals surface area (Å²) in [5.41, 5.74) is 0.282. The van der Waals surface area contributed by atoms with E-state index in [0.29, 0.717) is 12.1 Å². The van der Waals surface area contributed by atoms with Crippen LogP contribution in [-0.2, 0) is 9.53 Å². The molecule has 1 spiro atoms. The van der Waals surface area contributed by atoms with Gasteiger partial charge in [0.15, 0.2) is 0 Å². The smallest absolute Gasteiger partial charge is 0.223 e. The van der Waals surface area contributed by atoms with E-state index in [4.69, 9.17) is 4.74 Å². The molecule has 3 atom stereocenters. The van der Waals surface area contributed by atoms with Crippen LogP contribution < -0.4 is 5.32 Å². The Morgan fingerprint density at radius 2 is 2.28 bits per heavy atom. The van der Waals surface area contributed by atoms with Gasteiger partial charge in [0, 0.05) is 29.7 Å². The minimum atomic E-state index is 0.114. The van der Waals surface area contributed by atoms with Crippen molar-refractivity contribution in [1.29, 1.82) is 0 Å². The van der Waals surface area contributed by atoms with Crippen LogP contribution in [0.25, 0.3) is 0 Å². The van der Waals surface area contributed by atoms with Gasteiger partial charge in [-0.25, -0.2) is 0 Å². The molecule has 1 N–H and O–H groups in total. The lowest BCUT2D eigenvalue weighted by molar-refractivity contribution is -0.176. The van der Waals surface area contributed by atoms with Crippen LogP contribution in [0.4, 0.5) is 0 Å². The fraction of sp³-hybridized carbons (Fsp3) is 0.929. The zero-order valence-electron chi connectivity index (χ0n) is 11.7. The zero-order chi connectivity index (χ0) is 13.2. The van der Waals surface area contributed by atoms with E-state index in [1.165, 1.54) is 19.3 Å². The van der Waals surface area contributed by atoms with Gasteiger partial charge in [0.05, 0.1) is 6.10 Å². The number of thioether (sulfide) groups is 1. The van der Waals surface area contributed by atoms with E-state index in [-0.39, 0.29) is 17.2 Å². The number of amides is 1. The topological polar surface area (TPSA) is 38.3 Å².